The maximum absolute atomic E-state index is 12.2. The lowest BCUT2D eigenvalue weighted by molar-refractivity contribution is -0.111. The molecule has 0 atom stereocenters. The van der Waals surface area contributed by atoms with Crippen LogP contribution in [0.5, 0.6) is 5.75 Å². The van der Waals surface area contributed by atoms with E-state index < -0.39 is 0 Å². The number of likely N-dealkylation sites (N-methyl/N-ethyl adjacent to an activating group) is 2. The summed E-state index contributed by atoms with van der Waals surface area (Å²) in [7, 11) is 7.54. The van der Waals surface area contributed by atoms with Gasteiger partial charge in [0.2, 0.25) is 11.9 Å². The molecule has 2 heterocycles. The van der Waals surface area contributed by atoms with Crippen molar-refractivity contribution in [1.82, 2.24) is 24.6 Å². The number of carbonyl (C=O) groups excluding carboxylic acids is 1. The van der Waals surface area contributed by atoms with Gasteiger partial charge in [0.15, 0.2) is 5.82 Å². The predicted molar refractivity (Wildman–Crippen MR) is 148 cm³/mol. The summed E-state index contributed by atoms with van der Waals surface area (Å²) in [4.78, 5) is 25.3. The van der Waals surface area contributed by atoms with E-state index in [9.17, 15) is 4.79 Å². The van der Waals surface area contributed by atoms with Crippen molar-refractivity contribution in [2.75, 3.05) is 56.9 Å². The fraction of sp³-hybridized carbons (Fsp3) is 0.222. The third-order valence-corrected chi connectivity index (χ3v) is 5.86. The van der Waals surface area contributed by atoms with Gasteiger partial charge in [-0.15, -0.1) is 0 Å². The number of nitriles is 1. The first-order valence-corrected chi connectivity index (χ1v) is 11.8. The van der Waals surface area contributed by atoms with Crippen LogP contribution in [0, 0.1) is 11.3 Å². The molecule has 2 aromatic heterocycles. The molecule has 194 valence electrons. The van der Waals surface area contributed by atoms with Gasteiger partial charge in [0.05, 0.1) is 47.5 Å². The van der Waals surface area contributed by atoms with Gasteiger partial charge in [0.1, 0.15) is 5.75 Å². The second-order valence-electron chi connectivity index (χ2n) is 8.79. The normalized spacial score (nSPS) is 10.7. The van der Waals surface area contributed by atoms with Gasteiger partial charge in [-0.25, -0.2) is 9.67 Å². The number of rotatable bonds is 10. The minimum Gasteiger partial charge on any atom is -0.494 e. The molecule has 11 nitrogen and oxygen atoms in total. The lowest BCUT2D eigenvalue weighted by Crippen LogP contribution is -2.29. The highest BCUT2D eigenvalue weighted by Crippen LogP contribution is 2.38. The molecule has 2 N–H and O–H groups in total. The van der Waals surface area contributed by atoms with Gasteiger partial charge in [-0.1, -0.05) is 6.58 Å². The summed E-state index contributed by atoms with van der Waals surface area (Å²) in [5, 5.41) is 20.5. The molecule has 38 heavy (non-hydrogen) atoms. The summed E-state index contributed by atoms with van der Waals surface area (Å²) < 4.78 is 7.35. The number of ether oxygens (including phenoxy) is 1. The van der Waals surface area contributed by atoms with Crippen molar-refractivity contribution in [3.05, 3.63) is 67.0 Å². The average Bonchev–Trinajstić information content (AvgIpc) is 3.35. The van der Waals surface area contributed by atoms with Gasteiger partial charge >= 0.3 is 0 Å². The summed E-state index contributed by atoms with van der Waals surface area (Å²) >= 11 is 0. The van der Waals surface area contributed by atoms with Gasteiger partial charge in [-0.3, -0.25) is 4.79 Å². The minimum atomic E-state index is -0.327. The topological polar surface area (TPSA) is 124 Å². The monoisotopic (exact) mass is 511 g/mol. The van der Waals surface area contributed by atoms with Crippen LogP contribution < -0.4 is 20.3 Å². The first-order chi connectivity index (χ1) is 18.3. The van der Waals surface area contributed by atoms with Crippen molar-refractivity contribution in [3.8, 4) is 17.6 Å². The van der Waals surface area contributed by atoms with E-state index in [-0.39, 0.29) is 5.91 Å². The van der Waals surface area contributed by atoms with E-state index >= 15 is 0 Å². The van der Waals surface area contributed by atoms with Crippen LogP contribution in [0.3, 0.4) is 0 Å². The quantitative estimate of drug-likeness (QED) is 0.308. The Bertz CT molecular complexity index is 1520. The Kier molecular flexibility index (Phi) is 7.84. The standard InChI is InChI=1S/C27H29N9O2/c1-6-26(37)31-20-14-21(24(38-5)15-23(20)35(4)12-11-34(2)3)32-27-29-10-9-25(33-27)36-22-8-7-18(16-28)13-19(22)17-30-36/h6-10,13-15,17H,1,11-12H2,2-5H3,(H,31,37)(H,29,32,33). The van der Waals surface area contributed by atoms with E-state index in [4.69, 9.17) is 10.00 Å². The molecule has 0 bridgehead atoms. The first-order valence-electron chi connectivity index (χ1n) is 11.8. The van der Waals surface area contributed by atoms with E-state index in [1.165, 1.54) is 6.08 Å². The van der Waals surface area contributed by atoms with Gasteiger partial charge in [-0.2, -0.15) is 15.3 Å². The number of amides is 1. The third-order valence-electron chi connectivity index (χ3n) is 5.86. The molecule has 0 spiro atoms. The minimum absolute atomic E-state index is 0.313. The molecule has 0 fully saturated rings. The Hall–Kier alpha value is -4.95. The second-order valence-corrected chi connectivity index (χ2v) is 8.79. The maximum atomic E-state index is 12.2. The molecule has 0 saturated heterocycles. The van der Waals surface area contributed by atoms with E-state index in [1.807, 2.05) is 38.2 Å². The number of nitrogens with zero attached hydrogens (tertiary/aromatic N) is 7. The number of fused-ring (bicyclic) bond motifs is 1. The van der Waals surface area contributed by atoms with Crippen LogP contribution in [0.15, 0.2) is 61.4 Å². The highest BCUT2D eigenvalue weighted by Gasteiger charge is 2.17. The average molecular weight is 512 g/mol. The smallest absolute Gasteiger partial charge is 0.247 e. The Labute approximate surface area is 221 Å². The lowest BCUT2D eigenvalue weighted by Gasteiger charge is -2.26. The lowest BCUT2D eigenvalue weighted by atomic mass is 10.2. The third kappa shape index (κ3) is 5.71. The van der Waals surface area contributed by atoms with E-state index in [0.29, 0.717) is 34.5 Å². The summed E-state index contributed by atoms with van der Waals surface area (Å²) in [6, 6.07) is 12.9. The summed E-state index contributed by atoms with van der Waals surface area (Å²) in [6.07, 6.45) is 4.54. The molecule has 11 heteroatoms. The zero-order valence-corrected chi connectivity index (χ0v) is 21.8. The molecular weight excluding hydrogens is 482 g/mol. The van der Waals surface area contributed by atoms with Gasteiger partial charge in [-0.05, 0) is 44.4 Å². The molecule has 0 saturated carbocycles. The summed E-state index contributed by atoms with van der Waals surface area (Å²) in [5.41, 5.74) is 3.31. The Morgan fingerprint density at radius 2 is 2.00 bits per heavy atom. The van der Waals surface area contributed by atoms with Gasteiger partial charge in [0, 0.05) is 43.9 Å². The molecule has 4 aromatic rings. The van der Waals surface area contributed by atoms with E-state index in [0.717, 1.165) is 29.7 Å². The van der Waals surface area contributed by atoms with Crippen molar-refractivity contribution in [2.45, 2.75) is 0 Å². The molecule has 0 aliphatic carbocycles. The van der Waals surface area contributed by atoms with E-state index in [2.05, 4.69) is 43.2 Å². The van der Waals surface area contributed by atoms with E-state index in [1.54, 1.807) is 48.5 Å². The van der Waals surface area contributed by atoms with Gasteiger partial charge < -0.3 is 25.2 Å². The summed E-state index contributed by atoms with van der Waals surface area (Å²) in [5.74, 6) is 1.08. The Morgan fingerprint density at radius 1 is 1.18 bits per heavy atom. The fourth-order valence-corrected chi connectivity index (χ4v) is 3.84. The van der Waals surface area contributed by atoms with Crippen molar-refractivity contribution in [1.29, 1.82) is 5.26 Å². The zero-order chi connectivity index (χ0) is 27.2. The molecule has 0 aliphatic heterocycles. The number of hydrogen-bond donors (Lipinski definition) is 2. The van der Waals surface area contributed by atoms with Crippen molar-refractivity contribution < 1.29 is 9.53 Å². The van der Waals surface area contributed by atoms with Crippen LogP contribution in [0.25, 0.3) is 16.7 Å². The number of methoxy groups -OCH3 is 1. The number of aromatic nitrogens is 4. The molecule has 0 aliphatic rings. The molecule has 1 amide bonds. The molecule has 2 aromatic carbocycles. The summed E-state index contributed by atoms with van der Waals surface area (Å²) in [6.45, 7) is 5.13. The number of carbonyl (C=O) groups is 1. The SMILES string of the molecule is C=CC(=O)Nc1cc(Nc2nccc(-n3ncc4cc(C#N)ccc43)n2)c(OC)cc1N(C)CCN(C)C. The Morgan fingerprint density at radius 3 is 2.71 bits per heavy atom. The van der Waals surface area contributed by atoms with Crippen LogP contribution in [-0.2, 0) is 4.79 Å². The van der Waals surface area contributed by atoms with Gasteiger partial charge in [0.25, 0.3) is 0 Å². The number of benzene rings is 2. The highest BCUT2D eigenvalue weighted by atomic mass is 16.5. The van der Waals surface area contributed by atoms with Crippen LogP contribution >= 0.6 is 0 Å². The zero-order valence-electron chi connectivity index (χ0n) is 21.8. The first kappa shape index (κ1) is 26.1. The van der Waals surface area contributed by atoms with Crippen LogP contribution in [-0.4, -0.2) is 71.9 Å². The van der Waals surface area contributed by atoms with Crippen molar-refractivity contribution >= 4 is 39.8 Å². The molecular formula is C27H29N9O2. The van der Waals surface area contributed by atoms with Crippen molar-refractivity contribution in [3.63, 3.8) is 0 Å². The molecule has 0 radical (unpaired) electrons. The molecule has 4 rings (SSSR count). The van der Waals surface area contributed by atoms with Crippen LogP contribution in [0.4, 0.5) is 23.0 Å². The Balaban J connectivity index is 1.69. The number of anilines is 4. The maximum Gasteiger partial charge on any atom is 0.247 e. The second kappa shape index (κ2) is 11.4. The fourth-order valence-electron chi connectivity index (χ4n) is 3.84. The highest BCUT2D eigenvalue weighted by molar-refractivity contribution is 6.02. The van der Waals surface area contributed by atoms with Crippen LogP contribution in [0.1, 0.15) is 5.56 Å². The van der Waals surface area contributed by atoms with Crippen LogP contribution in [0.2, 0.25) is 0 Å². The largest absolute Gasteiger partial charge is 0.494 e. The number of nitrogens with one attached hydrogen (secondary N) is 2. The van der Waals surface area contributed by atoms with Crippen molar-refractivity contribution in [2.24, 2.45) is 0 Å². The molecule has 0 unspecified atom stereocenters. The number of hydrogen-bond acceptors (Lipinski definition) is 9. The predicted octanol–water partition coefficient (Wildman–Crippen LogP) is 3.56.